The van der Waals surface area contributed by atoms with Gasteiger partial charge in [-0.15, -0.1) is 0 Å². The lowest BCUT2D eigenvalue weighted by atomic mass is 9.87. The van der Waals surface area contributed by atoms with E-state index in [1.165, 1.54) is 0 Å². The van der Waals surface area contributed by atoms with Gasteiger partial charge in [-0.1, -0.05) is 6.92 Å². The number of likely N-dealkylation sites (tertiary alicyclic amines) is 1. The Morgan fingerprint density at radius 3 is 2.35 bits per heavy atom. The van der Waals surface area contributed by atoms with Gasteiger partial charge in [0.05, 0.1) is 11.1 Å². The minimum absolute atomic E-state index is 0.0476. The summed E-state index contributed by atoms with van der Waals surface area (Å²) in [5.74, 6) is 1.57. The van der Waals surface area contributed by atoms with Crippen LogP contribution in [0.1, 0.15) is 40.8 Å². The molecule has 0 aliphatic carbocycles. The first-order chi connectivity index (χ1) is 7.88. The minimum Gasteiger partial charge on any atom is -0.466 e. The fourth-order valence-corrected chi connectivity index (χ4v) is 2.35. The Bertz CT molecular complexity index is 456. The molecule has 0 unspecified atom stereocenters. The van der Waals surface area contributed by atoms with Crippen molar-refractivity contribution in [2.24, 2.45) is 5.73 Å². The second-order valence-electron chi connectivity index (χ2n) is 5.09. The zero-order chi connectivity index (χ0) is 12.8. The third-order valence-electron chi connectivity index (χ3n) is 3.78. The molecule has 4 heteroatoms. The van der Waals surface area contributed by atoms with Crippen molar-refractivity contribution >= 4 is 5.91 Å². The quantitative estimate of drug-likeness (QED) is 0.851. The summed E-state index contributed by atoms with van der Waals surface area (Å²) < 4.78 is 5.48. The van der Waals surface area contributed by atoms with Crippen LogP contribution in [0.25, 0.3) is 0 Å². The van der Waals surface area contributed by atoms with Gasteiger partial charge in [0.25, 0.3) is 5.91 Å². The predicted molar refractivity (Wildman–Crippen MR) is 66.0 cm³/mol. The summed E-state index contributed by atoms with van der Waals surface area (Å²) in [5.41, 5.74) is 7.54. The van der Waals surface area contributed by atoms with Crippen molar-refractivity contribution in [1.82, 2.24) is 4.90 Å². The van der Waals surface area contributed by atoms with Gasteiger partial charge < -0.3 is 15.1 Å². The number of furan rings is 1. The Balaban J connectivity index is 2.17. The molecule has 1 amide bonds. The molecular formula is C13H20N2O2. The van der Waals surface area contributed by atoms with E-state index in [1.807, 2.05) is 20.8 Å². The molecule has 1 aliphatic rings. The molecule has 1 fully saturated rings. The second-order valence-corrected chi connectivity index (χ2v) is 5.09. The van der Waals surface area contributed by atoms with Crippen molar-refractivity contribution in [3.05, 3.63) is 22.6 Å². The van der Waals surface area contributed by atoms with Crippen LogP contribution in [0.5, 0.6) is 0 Å². The molecule has 0 spiro atoms. The highest BCUT2D eigenvalue weighted by atomic mass is 16.3. The molecule has 0 aromatic carbocycles. The van der Waals surface area contributed by atoms with Crippen LogP contribution in [0, 0.1) is 20.8 Å². The van der Waals surface area contributed by atoms with Crippen molar-refractivity contribution in [2.45, 2.75) is 39.7 Å². The molecule has 94 valence electrons. The van der Waals surface area contributed by atoms with Gasteiger partial charge in [-0.25, -0.2) is 0 Å². The van der Waals surface area contributed by atoms with Gasteiger partial charge in [-0.2, -0.15) is 0 Å². The van der Waals surface area contributed by atoms with E-state index in [2.05, 4.69) is 6.92 Å². The summed E-state index contributed by atoms with van der Waals surface area (Å²) in [6.45, 7) is 8.99. The lowest BCUT2D eigenvalue weighted by molar-refractivity contribution is 0.0399. The van der Waals surface area contributed by atoms with E-state index in [-0.39, 0.29) is 11.4 Å². The van der Waals surface area contributed by atoms with Gasteiger partial charge in [0.15, 0.2) is 0 Å². The van der Waals surface area contributed by atoms with Gasteiger partial charge in [-0.3, -0.25) is 4.79 Å². The summed E-state index contributed by atoms with van der Waals surface area (Å²) in [4.78, 5) is 14.1. The second kappa shape index (κ2) is 3.88. The third kappa shape index (κ3) is 1.86. The monoisotopic (exact) mass is 236 g/mol. The van der Waals surface area contributed by atoms with E-state index >= 15 is 0 Å². The average molecular weight is 236 g/mol. The fourth-order valence-electron chi connectivity index (χ4n) is 2.35. The maximum Gasteiger partial charge on any atom is 0.257 e. The summed E-state index contributed by atoms with van der Waals surface area (Å²) in [7, 11) is 0. The van der Waals surface area contributed by atoms with Crippen LogP contribution in [0.15, 0.2) is 4.42 Å². The Kier molecular flexibility index (Phi) is 2.78. The van der Waals surface area contributed by atoms with Gasteiger partial charge in [0.1, 0.15) is 11.5 Å². The molecule has 1 aromatic rings. The highest BCUT2D eigenvalue weighted by molar-refractivity contribution is 5.97. The topological polar surface area (TPSA) is 59.5 Å². The van der Waals surface area contributed by atoms with Crippen LogP contribution in [0.4, 0.5) is 0 Å². The van der Waals surface area contributed by atoms with Crippen LogP contribution in [0.2, 0.25) is 0 Å². The lowest BCUT2D eigenvalue weighted by Crippen LogP contribution is -2.68. The first-order valence-electron chi connectivity index (χ1n) is 6.02. The Labute approximate surface area is 102 Å². The molecule has 1 aliphatic heterocycles. The predicted octanol–water partition coefficient (Wildman–Crippen LogP) is 1.77. The van der Waals surface area contributed by atoms with Crippen LogP contribution in [0.3, 0.4) is 0 Å². The van der Waals surface area contributed by atoms with E-state index in [9.17, 15) is 4.79 Å². The maximum atomic E-state index is 12.3. The SMILES string of the molecule is CCC1(N)CN(C(=O)c2c(C)oc(C)c2C)C1. The van der Waals surface area contributed by atoms with Crippen molar-refractivity contribution in [1.29, 1.82) is 0 Å². The molecule has 1 saturated heterocycles. The maximum absolute atomic E-state index is 12.3. The van der Waals surface area contributed by atoms with E-state index in [0.717, 1.165) is 17.7 Å². The third-order valence-corrected chi connectivity index (χ3v) is 3.78. The first kappa shape index (κ1) is 12.2. The minimum atomic E-state index is -0.184. The number of amides is 1. The number of nitrogens with two attached hydrogens (primary N) is 1. The molecule has 2 N–H and O–H groups in total. The van der Waals surface area contributed by atoms with Crippen LogP contribution in [-0.2, 0) is 0 Å². The van der Waals surface area contributed by atoms with E-state index in [1.54, 1.807) is 4.90 Å². The van der Waals surface area contributed by atoms with Gasteiger partial charge in [0, 0.05) is 18.7 Å². The number of nitrogens with zero attached hydrogens (tertiary/aromatic N) is 1. The number of carbonyl (C=O) groups excluding carboxylic acids is 1. The molecule has 4 nitrogen and oxygen atoms in total. The zero-order valence-corrected chi connectivity index (χ0v) is 11.0. The van der Waals surface area contributed by atoms with Crippen molar-refractivity contribution in [3.8, 4) is 0 Å². The van der Waals surface area contributed by atoms with Crippen LogP contribution < -0.4 is 5.73 Å². The highest BCUT2D eigenvalue weighted by Gasteiger charge is 2.41. The number of hydrogen-bond donors (Lipinski definition) is 1. The normalized spacial score (nSPS) is 18.1. The van der Waals surface area contributed by atoms with Gasteiger partial charge in [0.2, 0.25) is 0 Å². The van der Waals surface area contributed by atoms with Gasteiger partial charge >= 0.3 is 0 Å². The Morgan fingerprint density at radius 1 is 1.35 bits per heavy atom. The van der Waals surface area contributed by atoms with Crippen molar-refractivity contribution < 1.29 is 9.21 Å². The zero-order valence-electron chi connectivity index (χ0n) is 11.0. The largest absolute Gasteiger partial charge is 0.466 e. The number of hydrogen-bond acceptors (Lipinski definition) is 3. The van der Waals surface area contributed by atoms with Crippen molar-refractivity contribution in [3.63, 3.8) is 0 Å². The molecule has 0 atom stereocenters. The molecule has 0 bridgehead atoms. The summed E-state index contributed by atoms with van der Waals surface area (Å²) in [6.07, 6.45) is 0.902. The Morgan fingerprint density at radius 2 is 1.94 bits per heavy atom. The average Bonchev–Trinajstić information content (AvgIpc) is 2.48. The summed E-state index contributed by atoms with van der Waals surface area (Å²) in [6, 6.07) is 0. The highest BCUT2D eigenvalue weighted by Crippen LogP contribution is 2.28. The number of carbonyl (C=O) groups is 1. The molecule has 1 aromatic heterocycles. The first-order valence-corrected chi connectivity index (χ1v) is 6.02. The fraction of sp³-hybridized carbons (Fsp3) is 0.615. The lowest BCUT2D eigenvalue weighted by Gasteiger charge is -2.47. The summed E-state index contributed by atoms with van der Waals surface area (Å²) >= 11 is 0. The molecule has 0 saturated carbocycles. The van der Waals surface area contributed by atoms with Gasteiger partial charge in [-0.05, 0) is 27.2 Å². The smallest absolute Gasteiger partial charge is 0.257 e. The standard InChI is InChI=1S/C13H20N2O2/c1-5-13(14)6-15(7-13)12(16)11-8(2)9(3)17-10(11)4/h5-7,14H2,1-4H3. The summed E-state index contributed by atoms with van der Waals surface area (Å²) in [5, 5.41) is 0. The molecular weight excluding hydrogens is 216 g/mol. The molecule has 17 heavy (non-hydrogen) atoms. The molecule has 2 rings (SSSR count). The van der Waals surface area contributed by atoms with Crippen LogP contribution in [-0.4, -0.2) is 29.4 Å². The molecule has 2 heterocycles. The van der Waals surface area contributed by atoms with E-state index in [0.29, 0.717) is 24.4 Å². The van der Waals surface area contributed by atoms with Crippen LogP contribution >= 0.6 is 0 Å². The van der Waals surface area contributed by atoms with E-state index < -0.39 is 0 Å². The number of rotatable bonds is 2. The number of aryl methyl sites for hydroxylation is 2. The van der Waals surface area contributed by atoms with Crippen molar-refractivity contribution in [2.75, 3.05) is 13.1 Å². The molecule has 0 radical (unpaired) electrons. The Hall–Kier alpha value is -1.29. The van der Waals surface area contributed by atoms with E-state index in [4.69, 9.17) is 10.2 Å².